The highest BCUT2D eigenvalue weighted by molar-refractivity contribution is 5.95. The molecule has 2 rings (SSSR count). The number of amides is 1. The summed E-state index contributed by atoms with van der Waals surface area (Å²) in [5.41, 5.74) is -0.399. The molecule has 1 amide bonds. The predicted octanol–water partition coefficient (Wildman–Crippen LogP) is 1.88. The van der Waals surface area contributed by atoms with Crippen LogP contribution in [0.5, 0.6) is 11.5 Å². The molecule has 1 aromatic carbocycles. The number of nitriles is 1. The molecule has 5 heteroatoms. The van der Waals surface area contributed by atoms with Crippen molar-refractivity contribution in [3.05, 3.63) is 23.8 Å². The van der Waals surface area contributed by atoms with E-state index in [1.165, 1.54) is 0 Å². The van der Waals surface area contributed by atoms with Gasteiger partial charge in [-0.05, 0) is 31.5 Å². The molecule has 1 aliphatic heterocycles. The van der Waals surface area contributed by atoms with Crippen molar-refractivity contribution in [3.63, 3.8) is 0 Å². The van der Waals surface area contributed by atoms with Gasteiger partial charge in [-0.3, -0.25) is 4.79 Å². The number of rotatable bonds is 3. The van der Waals surface area contributed by atoms with Gasteiger partial charge in [0.2, 0.25) is 0 Å². The fourth-order valence-electron chi connectivity index (χ4n) is 1.70. The third-order valence-electron chi connectivity index (χ3n) is 3.15. The summed E-state index contributed by atoms with van der Waals surface area (Å²) in [6, 6.07) is 7.11. The number of ether oxygens (including phenoxy) is 2. The molecule has 0 fully saturated rings. The molecule has 0 saturated carbocycles. The topological polar surface area (TPSA) is 71.4 Å². The monoisotopic (exact) mass is 260 g/mol. The van der Waals surface area contributed by atoms with Gasteiger partial charge in [0.15, 0.2) is 11.5 Å². The lowest BCUT2D eigenvalue weighted by Crippen LogP contribution is -2.44. The minimum Gasteiger partial charge on any atom is -0.486 e. The van der Waals surface area contributed by atoms with Gasteiger partial charge in [-0.1, -0.05) is 6.92 Å². The maximum absolute atomic E-state index is 12.1. The van der Waals surface area contributed by atoms with E-state index < -0.39 is 5.54 Å². The second-order valence-electron chi connectivity index (χ2n) is 4.61. The molecule has 1 aromatic rings. The summed E-state index contributed by atoms with van der Waals surface area (Å²) in [7, 11) is 0. The summed E-state index contributed by atoms with van der Waals surface area (Å²) in [5.74, 6) is 0.915. The van der Waals surface area contributed by atoms with Crippen molar-refractivity contribution in [2.24, 2.45) is 0 Å². The van der Waals surface area contributed by atoms with Gasteiger partial charge in [-0.25, -0.2) is 0 Å². The number of hydrogen-bond donors (Lipinski definition) is 1. The van der Waals surface area contributed by atoms with Gasteiger partial charge in [-0.15, -0.1) is 0 Å². The normalized spacial score (nSPS) is 16.1. The highest BCUT2D eigenvalue weighted by Gasteiger charge is 2.25. The fraction of sp³-hybridized carbons (Fsp3) is 0.429. The van der Waals surface area contributed by atoms with E-state index in [2.05, 4.69) is 11.4 Å². The van der Waals surface area contributed by atoms with Crippen LogP contribution in [0, 0.1) is 11.3 Å². The van der Waals surface area contributed by atoms with Crippen LogP contribution >= 0.6 is 0 Å². The second kappa shape index (κ2) is 5.19. The van der Waals surface area contributed by atoms with E-state index in [1.54, 1.807) is 25.1 Å². The number of carbonyl (C=O) groups excluding carboxylic acids is 1. The lowest BCUT2D eigenvalue weighted by atomic mass is 10.0. The minimum atomic E-state index is -0.857. The molecular weight excluding hydrogens is 244 g/mol. The van der Waals surface area contributed by atoms with Crippen LogP contribution in [0.1, 0.15) is 30.6 Å². The molecule has 1 aliphatic rings. The zero-order valence-electron chi connectivity index (χ0n) is 11.0. The maximum atomic E-state index is 12.1. The standard InChI is InChI=1S/C14H16N2O3/c1-3-14(2,9-15)16-13(17)10-4-5-11-12(8-10)19-7-6-18-11/h4-5,8H,3,6-7H2,1-2H3,(H,16,17)/t14-/m1/s1. The Kier molecular flexibility index (Phi) is 3.61. The van der Waals surface area contributed by atoms with Crippen LogP contribution < -0.4 is 14.8 Å². The molecule has 1 N–H and O–H groups in total. The number of benzene rings is 1. The van der Waals surface area contributed by atoms with Crippen molar-refractivity contribution in [1.29, 1.82) is 5.26 Å². The lowest BCUT2D eigenvalue weighted by Gasteiger charge is -2.22. The summed E-state index contributed by atoms with van der Waals surface area (Å²) >= 11 is 0. The van der Waals surface area contributed by atoms with Gasteiger partial charge >= 0.3 is 0 Å². The first-order chi connectivity index (χ1) is 9.08. The molecule has 1 atom stereocenters. The van der Waals surface area contributed by atoms with Crippen molar-refractivity contribution in [1.82, 2.24) is 5.32 Å². The molecule has 1 heterocycles. The van der Waals surface area contributed by atoms with Crippen molar-refractivity contribution < 1.29 is 14.3 Å². The molecule has 0 aliphatic carbocycles. The van der Waals surface area contributed by atoms with Gasteiger partial charge in [0, 0.05) is 5.56 Å². The van der Waals surface area contributed by atoms with Crippen LogP contribution in [-0.2, 0) is 0 Å². The largest absolute Gasteiger partial charge is 0.486 e. The van der Waals surface area contributed by atoms with Crippen LogP contribution in [0.25, 0.3) is 0 Å². The molecule has 100 valence electrons. The molecule has 0 aromatic heterocycles. The van der Waals surface area contributed by atoms with Gasteiger partial charge in [0.25, 0.3) is 5.91 Å². The summed E-state index contributed by atoms with van der Waals surface area (Å²) in [6.07, 6.45) is 0.541. The van der Waals surface area contributed by atoms with Crippen LogP contribution in [0.3, 0.4) is 0 Å². The molecule has 0 radical (unpaired) electrons. The zero-order chi connectivity index (χ0) is 13.9. The van der Waals surface area contributed by atoms with Gasteiger partial charge in [-0.2, -0.15) is 5.26 Å². The Hall–Kier alpha value is -2.22. The Labute approximate surface area is 112 Å². The van der Waals surface area contributed by atoms with E-state index in [0.29, 0.717) is 36.7 Å². The maximum Gasteiger partial charge on any atom is 0.252 e. The summed E-state index contributed by atoms with van der Waals surface area (Å²) in [5, 5.41) is 11.8. The number of nitrogens with one attached hydrogen (secondary N) is 1. The van der Waals surface area contributed by atoms with Crippen LogP contribution in [0.4, 0.5) is 0 Å². The van der Waals surface area contributed by atoms with E-state index in [1.807, 2.05) is 6.92 Å². The first-order valence-electron chi connectivity index (χ1n) is 6.21. The van der Waals surface area contributed by atoms with E-state index in [-0.39, 0.29) is 5.91 Å². The van der Waals surface area contributed by atoms with Crippen LogP contribution in [0.2, 0.25) is 0 Å². The average molecular weight is 260 g/mol. The van der Waals surface area contributed by atoms with Crippen molar-refractivity contribution in [2.75, 3.05) is 13.2 Å². The molecule has 0 bridgehead atoms. The fourth-order valence-corrected chi connectivity index (χ4v) is 1.70. The molecule has 0 spiro atoms. The quantitative estimate of drug-likeness (QED) is 0.900. The average Bonchev–Trinajstić information content (AvgIpc) is 2.46. The van der Waals surface area contributed by atoms with Crippen molar-refractivity contribution >= 4 is 5.91 Å². The van der Waals surface area contributed by atoms with E-state index in [9.17, 15) is 4.79 Å². The molecule has 19 heavy (non-hydrogen) atoms. The Morgan fingerprint density at radius 3 is 2.74 bits per heavy atom. The van der Waals surface area contributed by atoms with E-state index in [4.69, 9.17) is 14.7 Å². The summed E-state index contributed by atoms with van der Waals surface area (Å²) in [4.78, 5) is 12.1. The molecule has 5 nitrogen and oxygen atoms in total. The van der Waals surface area contributed by atoms with Gasteiger partial charge in [0.1, 0.15) is 18.8 Å². The number of fused-ring (bicyclic) bond motifs is 1. The summed E-state index contributed by atoms with van der Waals surface area (Å²) < 4.78 is 10.8. The van der Waals surface area contributed by atoms with Gasteiger partial charge < -0.3 is 14.8 Å². The van der Waals surface area contributed by atoms with E-state index in [0.717, 1.165) is 0 Å². The SMILES string of the molecule is CC[C@](C)(C#N)NC(=O)c1ccc2c(c1)OCCO2. The Morgan fingerprint density at radius 2 is 2.11 bits per heavy atom. The Morgan fingerprint density at radius 1 is 1.42 bits per heavy atom. The molecule has 0 saturated heterocycles. The van der Waals surface area contributed by atoms with Crippen LogP contribution in [0.15, 0.2) is 18.2 Å². The third kappa shape index (κ3) is 2.79. The second-order valence-corrected chi connectivity index (χ2v) is 4.61. The van der Waals surface area contributed by atoms with Crippen molar-refractivity contribution in [3.8, 4) is 17.6 Å². The number of hydrogen-bond acceptors (Lipinski definition) is 4. The lowest BCUT2D eigenvalue weighted by molar-refractivity contribution is 0.0922. The van der Waals surface area contributed by atoms with Crippen molar-refractivity contribution in [2.45, 2.75) is 25.8 Å². The number of nitrogens with zero attached hydrogens (tertiary/aromatic N) is 1. The van der Waals surface area contributed by atoms with Gasteiger partial charge in [0.05, 0.1) is 6.07 Å². The molecule has 0 unspecified atom stereocenters. The first-order valence-corrected chi connectivity index (χ1v) is 6.21. The predicted molar refractivity (Wildman–Crippen MR) is 69.2 cm³/mol. The highest BCUT2D eigenvalue weighted by Crippen LogP contribution is 2.30. The number of carbonyl (C=O) groups is 1. The first kappa shape index (κ1) is 13.2. The zero-order valence-corrected chi connectivity index (χ0v) is 11.0. The minimum absolute atomic E-state index is 0.289. The van der Waals surface area contributed by atoms with E-state index >= 15 is 0 Å². The Balaban J connectivity index is 2.18. The third-order valence-corrected chi connectivity index (χ3v) is 3.15. The van der Waals surface area contributed by atoms with Crippen LogP contribution in [-0.4, -0.2) is 24.7 Å². The highest BCUT2D eigenvalue weighted by atomic mass is 16.6. The Bertz CT molecular complexity index is 536. The summed E-state index contributed by atoms with van der Waals surface area (Å²) in [6.45, 7) is 4.54. The smallest absolute Gasteiger partial charge is 0.252 e. The molecular formula is C14H16N2O3.